The lowest BCUT2D eigenvalue weighted by Crippen LogP contribution is -2.43. The molecule has 5 nitrogen and oxygen atoms in total. The van der Waals surface area contributed by atoms with Crippen LogP contribution in [-0.4, -0.2) is 34.3 Å². The van der Waals surface area contributed by atoms with Crippen molar-refractivity contribution < 1.29 is 9.59 Å². The molecule has 26 heavy (non-hydrogen) atoms. The summed E-state index contributed by atoms with van der Waals surface area (Å²) < 4.78 is 0. The van der Waals surface area contributed by atoms with Crippen LogP contribution < -0.4 is 5.32 Å². The molecule has 1 atom stereocenters. The summed E-state index contributed by atoms with van der Waals surface area (Å²) in [5, 5.41) is 2.89. The lowest BCUT2D eigenvalue weighted by molar-refractivity contribution is 0.0602. The Balaban J connectivity index is 1.69. The van der Waals surface area contributed by atoms with Gasteiger partial charge in [-0.15, -0.1) is 0 Å². The van der Waals surface area contributed by atoms with Crippen LogP contribution >= 0.6 is 0 Å². The Morgan fingerprint density at radius 3 is 2.77 bits per heavy atom. The minimum absolute atomic E-state index is 0.0748. The minimum Gasteiger partial charge on any atom is -0.348 e. The number of rotatable bonds is 5. The van der Waals surface area contributed by atoms with Crippen LogP contribution in [0.1, 0.15) is 59.0 Å². The van der Waals surface area contributed by atoms with Crippen molar-refractivity contribution in [3.8, 4) is 0 Å². The molecular formula is C21H25N3O2. The molecule has 3 rings (SSSR count). The topological polar surface area (TPSA) is 62.3 Å². The van der Waals surface area contributed by atoms with Crippen LogP contribution in [0, 0.1) is 0 Å². The number of benzene rings is 1. The van der Waals surface area contributed by atoms with Gasteiger partial charge in [-0.3, -0.25) is 14.6 Å². The largest absolute Gasteiger partial charge is 0.348 e. The number of hydrogen-bond acceptors (Lipinski definition) is 3. The molecule has 0 bridgehead atoms. The summed E-state index contributed by atoms with van der Waals surface area (Å²) >= 11 is 0. The number of pyridine rings is 1. The highest BCUT2D eigenvalue weighted by atomic mass is 16.2. The molecule has 1 aliphatic heterocycles. The van der Waals surface area contributed by atoms with Crippen molar-refractivity contribution in [2.24, 2.45) is 0 Å². The SMILES string of the molecule is CCC1CCCCN1C(=O)c1cc(C(=O)NCc2ccccc2)ccn1. The third kappa shape index (κ3) is 4.28. The second-order valence-corrected chi connectivity index (χ2v) is 6.65. The molecule has 0 aliphatic carbocycles. The van der Waals surface area contributed by atoms with Crippen LogP contribution in [0.5, 0.6) is 0 Å². The molecule has 2 aromatic rings. The van der Waals surface area contributed by atoms with E-state index in [4.69, 9.17) is 0 Å². The summed E-state index contributed by atoms with van der Waals surface area (Å²) in [6, 6.07) is 13.3. The van der Waals surface area contributed by atoms with Crippen LogP contribution in [0.25, 0.3) is 0 Å². The molecule has 1 aliphatic rings. The first-order valence-electron chi connectivity index (χ1n) is 9.28. The molecule has 2 amide bonds. The van der Waals surface area contributed by atoms with Gasteiger partial charge in [0.1, 0.15) is 5.69 Å². The molecular weight excluding hydrogens is 326 g/mol. The van der Waals surface area contributed by atoms with E-state index < -0.39 is 0 Å². The Morgan fingerprint density at radius 2 is 2.00 bits per heavy atom. The Hall–Kier alpha value is -2.69. The average Bonchev–Trinajstić information content (AvgIpc) is 2.72. The minimum atomic E-state index is -0.198. The highest BCUT2D eigenvalue weighted by molar-refractivity contribution is 5.98. The third-order valence-electron chi connectivity index (χ3n) is 4.90. The third-order valence-corrected chi connectivity index (χ3v) is 4.90. The summed E-state index contributed by atoms with van der Waals surface area (Å²) in [4.78, 5) is 31.4. The maximum absolute atomic E-state index is 12.9. The van der Waals surface area contributed by atoms with E-state index in [0.29, 0.717) is 17.8 Å². The quantitative estimate of drug-likeness (QED) is 0.898. The summed E-state index contributed by atoms with van der Waals surface area (Å²) in [5.41, 5.74) is 1.84. The smallest absolute Gasteiger partial charge is 0.272 e. The van der Waals surface area contributed by atoms with Crippen molar-refractivity contribution >= 4 is 11.8 Å². The number of amides is 2. The molecule has 1 unspecified atom stereocenters. The van der Waals surface area contributed by atoms with E-state index in [0.717, 1.165) is 37.8 Å². The van der Waals surface area contributed by atoms with Crippen LogP contribution in [0.15, 0.2) is 48.7 Å². The molecule has 1 N–H and O–H groups in total. The van der Waals surface area contributed by atoms with Crippen molar-refractivity contribution in [1.82, 2.24) is 15.2 Å². The predicted octanol–water partition coefficient (Wildman–Crippen LogP) is 3.42. The van der Waals surface area contributed by atoms with E-state index in [9.17, 15) is 9.59 Å². The zero-order valence-electron chi connectivity index (χ0n) is 15.1. The first kappa shape index (κ1) is 18.1. The monoisotopic (exact) mass is 351 g/mol. The number of aromatic nitrogens is 1. The van der Waals surface area contributed by atoms with Gasteiger partial charge in [0.25, 0.3) is 11.8 Å². The molecule has 136 valence electrons. The molecule has 1 aromatic carbocycles. The fourth-order valence-electron chi connectivity index (χ4n) is 3.41. The summed E-state index contributed by atoms with van der Waals surface area (Å²) in [6.07, 6.45) is 5.72. The number of carbonyl (C=O) groups excluding carboxylic acids is 2. The van der Waals surface area contributed by atoms with Crippen molar-refractivity contribution in [3.63, 3.8) is 0 Å². The maximum Gasteiger partial charge on any atom is 0.272 e. The van der Waals surface area contributed by atoms with Crippen LogP contribution in [0.2, 0.25) is 0 Å². The van der Waals surface area contributed by atoms with E-state index in [-0.39, 0.29) is 17.9 Å². The lowest BCUT2D eigenvalue weighted by atomic mass is 9.99. The van der Waals surface area contributed by atoms with Gasteiger partial charge in [0.05, 0.1) is 0 Å². The second kappa shape index (κ2) is 8.61. The molecule has 1 fully saturated rings. The molecule has 0 radical (unpaired) electrons. The standard InChI is InChI=1S/C21H25N3O2/c1-2-18-10-6-7-13-24(18)21(26)19-14-17(11-12-22-19)20(25)23-15-16-8-4-3-5-9-16/h3-5,8-9,11-12,14,18H,2,6-7,10,13,15H2,1H3,(H,23,25). The van der Waals surface area contributed by atoms with Gasteiger partial charge in [-0.1, -0.05) is 37.3 Å². The Labute approximate surface area is 154 Å². The van der Waals surface area contributed by atoms with Crippen molar-refractivity contribution in [2.75, 3.05) is 6.54 Å². The van der Waals surface area contributed by atoms with Gasteiger partial charge in [-0.25, -0.2) is 0 Å². The van der Waals surface area contributed by atoms with Crippen LogP contribution in [0.4, 0.5) is 0 Å². The van der Waals surface area contributed by atoms with Gasteiger partial charge in [0.15, 0.2) is 0 Å². The Bertz CT molecular complexity index is 761. The van der Waals surface area contributed by atoms with Crippen molar-refractivity contribution in [3.05, 3.63) is 65.5 Å². The van der Waals surface area contributed by atoms with Gasteiger partial charge in [0, 0.05) is 30.9 Å². The summed E-state index contributed by atoms with van der Waals surface area (Å²) in [6.45, 7) is 3.33. The Kier molecular flexibility index (Phi) is 6.00. The average molecular weight is 351 g/mol. The fraction of sp³-hybridized carbons (Fsp3) is 0.381. The van der Waals surface area contributed by atoms with Gasteiger partial charge >= 0.3 is 0 Å². The van der Waals surface area contributed by atoms with E-state index in [1.165, 1.54) is 6.20 Å². The first-order valence-corrected chi connectivity index (χ1v) is 9.28. The molecule has 2 heterocycles. The first-order chi connectivity index (χ1) is 12.7. The molecule has 1 saturated heterocycles. The van der Waals surface area contributed by atoms with Crippen molar-refractivity contribution in [1.29, 1.82) is 0 Å². The zero-order valence-corrected chi connectivity index (χ0v) is 15.1. The van der Waals surface area contributed by atoms with E-state index in [1.807, 2.05) is 35.2 Å². The van der Waals surface area contributed by atoms with E-state index >= 15 is 0 Å². The lowest BCUT2D eigenvalue weighted by Gasteiger charge is -2.35. The summed E-state index contributed by atoms with van der Waals surface area (Å²) in [5.74, 6) is -0.273. The number of carbonyl (C=O) groups is 2. The highest BCUT2D eigenvalue weighted by Crippen LogP contribution is 2.21. The van der Waals surface area contributed by atoms with Gasteiger partial charge in [0.2, 0.25) is 0 Å². The normalized spacial score (nSPS) is 17.0. The van der Waals surface area contributed by atoms with Gasteiger partial charge < -0.3 is 10.2 Å². The van der Waals surface area contributed by atoms with E-state index in [2.05, 4.69) is 17.2 Å². The predicted molar refractivity (Wildman–Crippen MR) is 101 cm³/mol. The number of likely N-dealkylation sites (tertiary alicyclic amines) is 1. The molecule has 0 spiro atoms. The number of hydrogen-bond donors (Lipinski definition) is 1. The van der Waals surface area contributed by atoms with Crippen molar-refractivity contribution in [2.45, 2.75) is 45.2 Å². The summed E-state index contributed by atoms with van der Waals surface area (Å²) in [7, 11) is 0. The highest BCUT2D eigenvalue weighted by Gasteiger charge is 2.27. The maximum atomic E-state index is 12.9. The molecule has 1 aromatic heterocycles. The number of nitrogens with one attached hydrogen (secondary N) is 1. The number of nitrogens with zero attached hydrogens (tertiary/aromatic N) is 2. The zero-order chi connectivity index (χ0) is 18.4. The van der Waals surface area contributed by atoms with Crippen LogP contribution in [-0.2, 0) is 6.54 Å². The van der Waals surface area contributed by atoms with Crippen LogP contribution in [0.3, 0.4) is 0 Å². The Morgan fingerprint density at radius 1 is 1.19 bits per heavy atom. The van der Waals surface area contributed by atoms with Gasteiger partial charge in [-0.05, 0) is 43.4 Å². The fourth-order valence-corrected chi connectivity index (χ4v) is 3.41. The van der Waals surface area contributed by atoms with Gasteiger partial charge in [-0.2, -0.15) is 0 Å². The second-order valence-electron chi connectivity index (χ2n) is 6.65. The number of piperidine rings is 1. The molecule has 0 saturated carbocycles. The molecule has 5 heteroatoms. The van der Waals surface area contributed by atoms with E-state index in [1.54, 1.807) is 12.1 Å².